The van der Waals surface area contributed by atoms with Gasteiger partial charge in [0.25, 0.3) is 0 Å². The standard InChI is InChI=1S/C11H9F2N3O/c12-8-3-1-2-6(10(8)13)4-9(17)7-5-15-16-11(7)14/h1-3,5H,4H2,(H3,14,15,16). The predicted molar refractivity (Wildman–Crippen MR) is 57.4 cm³/mol. The van der Waals surface area contributed by atoms with Gasteiger partial charge in [-0.05, 0) is 11.6 Å². The number of hydrogen-bond donors (Lipinski definition) is 2. The molecular formula is C11H9F2N3O. The minimum absolute atomic E-state index is 0.00407. The maximum atomic E-state index is 13.3. The van der Waals surface area contributed by atoms with Crippen LogP contribution in [0.5, 0.6) is 0 Å². The lowest BCUT2D eigenvalue weighted by Crippen LogP contribution is -2.07. The lowest BCUT2D eigenvalue weighted by Gasteiger charge is -2.02. The second kappa shape index (κ2) is 4.32. The lowest BCUT2D eigenvalue weighted by atomic mass is 10.0. The highest BCUT2D eigenvalue weighted by atomic mass is 19.2. The quantitative estimate of drug-likeness (QED) is 0.798. The van der Waals surface area contributed by atoms with Crippen molar-refractivity contribution in [3.05, 3.63) is 47.2 Å². The van der Waals surface area contributed by atoms with Crippen LogP contribution in [-0.4, -0.2) is 16.0 Å². The van der Waals surface area contributed by atoms with Gasteiger partial charge in [-0.2, -0.15) is 5.10 Å². The molecule has 0 amide bonds. The molecule has 0 radical (unpaired) electrons. The van der Waals surface area contributed by atoms with E-state index in [0.29, 0.717) is 0 Å². The van der Waals surface area contributed by atoms with E-state index in [1.54, 1.807) is 0 Å². The molecule has 6 heteroatoms. The van der Waals surface area contributed by atoms with Gasteiger partial charge < -0.3 is 5.73 Å². The molecule has 0 fully saturated rings. The molecule has 4 nitrogen and oxygen atoms in total. The van der Waals surface area contributed by atoms with Crippen LogP contribution >= 0.6 is 0 Å². The maximum Gasteiger partial charge on any atom is 0.172 e. The monoisotopic (exact) mass is 237 g/mol. The number of anilines is 1. The van der Waals surface area contributed by atoms with Gasteiger partial charge in [0, 0.05) is 6.42 Å². The van der Waals surface area contributed by atoms with E-state index < -0.39 is 17.4 Å². The highest BCUT2D eigenvalue weighted by Gasteiger charge is 2.16. The molecule has 0 saturated heterocycles. The first-order valence-corrected chi connectivity index (χ1v) is 4.84. The first-order valence-electron chi connectivity index (χ1n) is 4.84. The SMILES string of the molecule is Nc1[nH]ncc1C(=O)Cc1cccc(F)c1F. The number of carbonyl (C=O) groups excluding carboxylic acids is 1. The molecule has 0 unspecified atom stereocenters. The van der Waals surface area contributed by atoms with Gasteiger partial charge in [-0.3, -0.25) is 9.89 Å². The Bertz CT molecular complexity index is 566. The number of benzene rings is 1. The first kappa shape index (κ1) is 11.3. The molecule has 2 rings (SSSR count). The van der Waals surface area contributed by atoms with Crippen LogP contribution in [0.2, 0.25) is 0 Å². The van der Waals surface area contributed by atoms with Crippen molar-refractivity contribution >= 4 is 11.6 Å². The molecule has 17 heavy (non-hydrogen) atoms. The predicted octanol–water partition coefficient (Wildman–Crippen LogP) is 1.70. The molecule has 1 aromatic carbocycles. The highest BCUT2D eigenvalue weighted by molar-refractivity contribution is 6.01. The summed E-state index contributed by atoms with van der Waals surface area (Å²) < 4.78 is 26.2. The lowest BCUT2D eigenvalue weighted by molar-refractivity contribution is 0.0992. The Labute approximate surface area is 95.4 Å². The summed E-state index contributed by atoms with van der Waals surface area (Å²) in [6, 6.07) is 3.70. The average molecular weight is 237 g/mol. The number of nitrogens with one attached hydrogen (secondary N) is 1. The van der Waals surface area contributed by atoms with Crippen LogP contribution in [0.3, 0.4) is 0 Å². The summed E-state index contributed by atoms with van der Waals surface area (Å²) in [6.07, 6.45) is 1.00. The van der Waals surface area contributed by atoms with Crippen molar-refractivity contribution in [2.45, 2.75) is 6.42 Å². The van der Waals surface area contributed by atoms with Crippen molar-refractivity contribution in [3.8, 4) is 0 Å². The van der Waals surface area contributed by atoms with Gasteiger partial charge >= 0.3 is 0 Å². The van der Waals surface area contributed by atoms with E-state index in [0.717, 1.165) is 6.07 Å². The van der Waals surface area contributed by atoms with E-state index in [4.69, 9.17) is 5.73 Å². The van der Waals surface area contributed by atoms with Gasteiger partial charge in [-0.25, -0.2) is 8.78 Å². The molecule has 3 N–H and O–H groups in total. The zero-order valence-electron chi connectivity index (χ0n) is 8.71. The minimum atomic E-state index is -1.01. The number of rotatable bonds is 3. The van der Waals surface area contributed by atoms with Crippen LogP contribution in [0.15, 0.2) is 24.4 Å². The van der Waals surface area contributed by atoms with Crippen molar-refractivity contribution < 1.29 is 13.6 Å². The number of ketones is 1. The van der Waals surface area contributed by atoms with Gasteiger partial charge in [0.15, 0.2) is 17.4 Å². The third kappa shape index (κ3) is 2.15. The van der Waals surface area contributed by atoms with Crippen molar-refractivity contribution in [1.29, 1.82) is 0 Å². The molecule has 1 heterocycles. The van der Waals surface area contributed by atoms with Gasteiger partial charge in [-0.1, -0.05) is 12.1 Å². The molecule has 0 saturated carbocycles. The zero-order chi connectivity index (χ0) is 12.4. The normalized spacial score (nSPS) is 10.5. The van der Waals surface area contributed by atoms with Gasteiger partial charge in [0.1, 0.15) is 5.82 Å². The highest BCUT2D eigenvalue weighted by Crippen LogP contribution is 2.16. The molecule has 1 aromatic heterocycles. The number of carbonyl (C=O) groups is 1. The minimum Gasteiger partial charge on any atom is -0.383 e. The summed E-state index contributed by atoms with van der Waals surface area (Å²) >= 11 is 0. The van der Waals surface area contributed by atoms with Gasteiger partial charge in [-0.15, -0.1) is 0 Å². The zero-order valence-corrected chi connectivity index (χ0v) is 8.71. The van der Waals surface area contributed by atoms with Crippen molar-refractivity contribution in [2.75, 3.05) is 5.73 Å². The Balaban J connectivity index is 2.25. The Morgan fingerprint density at radius 2 is 2.18 bits per heavy atom. The molecule has 0 bridgehead atoms. The van der Waals surface area contributed by atoms with Crippen LogP contribution in [-0.2, 0) is 6.42 Å². The fourth-order valence-corrected chi connectivity index (χ4v) is 1.47. The summed E-state index contributed by atoms with van der Waals surface area (Å²) in [4.78, 5) is 11.7. The average Bonchev–Trinajstić information content (AvgIpc) is 2.71. The Hall–Kier alpha value is -2.24. The van der Waals surface area contributed by atoms with E-state index in [2.05, 4.69) is 10.2 Å². The molecule has 0 spiro atoms. The summed E-state index contributed by atoms with van der Waals surface area (Å²) in [6.45, 7) is 0. The number of nitrogen functional groups attached to an aromatic ring is 1. The largest absolute Gasteiger partial charge is 0.383 e. The number of H-pyrrole nitrogens is 1. The second-order valence-corrected chi connectivity index (χ2v) is 3.51. The number of aromatic amines is 1. The van der Waals surface area contributed by atoms with Crippen molar-refractivity contribution in [1.82, 2.24) is 10.2 Å². The van der Waals surface area contributed by atoms with E-state index in [1.807, 2.05) is 0 Å². The number of hydrogen-bond acceptors (Lipinski definition) is 3. The molecule has 2 aromatic rings. The van der Waals surface area contributed by atoms with E-state index in [-0.39, 0.29) is 23.4 Å². The fourth-order valence-electron chi connectivity index (χ4n) is 1.47. The van der Waals surface area contributed by atoms with Crippen LogP contribution < -0.4 is 5.73 Å². The van der Waals surface area contributed by atoms with Gasteiger partial charge in [0.05, 0.1) is 11.8 Å². The van der Waals surface area contributed by atoms with Crippen LogP contribution in [0.4, 0.5) is 14.6 Å². The molecule has 0 aliphatic carbocycles. The van der Waals surface area contributed by atoms with Gasteiger partial charge in [0.2, 0.25) is 0 Å². The Kier molecular flexibility index (Phi) is 2.86. The van der Waals surface area contributed by atoms with Crippen LogP contribution in [0.1, 0.15) is 15.9 Å². The van der Waals surface area contributed by atoms with E-state index >= 15 is 0 Å². The van der Waals surface area contributed by atoms with E-state index in [1.165, 1.54) is 18.3 Å². The molecular weight excluding hydrogens is 228 g/mol. The number of nitrogens with two attached hydrogens (primary N) is 1. The molecule has 0 aliphatic rings. The maximum absolute atomic E-state index is 13.3. The van der Waals surface area contributed by atoms with Crippen LogP contribution in [0.25, 0.3) is 0 Å². The number of aromatic nitrogens is 2. The van der Waals surface area contributed by atoms with Crippen LogP contribution in [0, 0.1) is 11.6 Å². The fraction of sp³-hybridized carbons (Fsp3) is 0.0909. The molecule has 0 aliphatic heterocycles. The summed E-state index contributed by atoms with van der Waals surface area (Å²) in [7, 11) is 0. The number of Topliss-reactive ketones (excluding diaryl/α,β-unsaturated/α-hetero) is 1. The smallest absolute Gasteiger partial charge is 0.172 e. The summed E-state index contributed by atoms with van der Waals surface area (Å²) in [5.74, 6) is -2.29. The molecule has 0 atom stereocenters. The summed E-state index contributed by atoms with van der Waals surface area (Å²) in [5, 5.41) is 5.99. The van der Waals surface area contributed by atoms with Crippen molar-refractivity contribution in [3.63, 3.8) is 0 Å². The molecule has 88 valence electrons. The number of halogens is 2. The topological polar surface area (TPSA) is 71.8 Å². The second-order valence-electron chi connectivity index (χ2n) is 3.51. The first-order chi connectivity index (χ1) is 8.09. The van der Waals surface area contributed by atoms with Crippen molar-refractivity contribution in [2.24, 2.45) is 0 Å². The number of nitrogens with zero attached hydrogens (tertiary/aromatic N) is 1. The van der Waals surface area contributed by atoms with E-state index in [9.17, 15) is 13.6 Å². The summed E-state index contributed by atoms with van der Waals surface area (Å²) in [5.41, 5.74) is 5.63. The third-order valence-electron chi connectivity index (χ3n) is 2.35. The third-order valence-corrected chi connectivity index (χ3v) is 2.35. The Morgan fingerprint density at radius 3 is 2.82 bits per heavy atom. The Morgan fingerprint density at radius 1 is 1.41 bits per heavy atom.